The summed E-state index contributed by atoms with van der Waals surface area (Å²) < 4.78 is 9.71. The third kappa shape index (κ3) is 2.84. The highest BCUT2D eigenvalue weighted by atomic mass is 16.5. The molecule has 0 aromatic carbocycles. The van der Waals surface area contributed by atoms with E-state index in [2.05, 4.69) is 16.6 Å². The molecule has 4 heteroatoms. The van der Waals surface area contributed by atoms with Crippen molar-refractivity contribution < 1.29 is 9.47 Å². The van der Waals surface area contributed by atoms with Gasteiger partial charge in [0.2, 0.25) is 0 Å². The molecule has 0 aliphatic rings. The summed E-state index contributed by atoms with van der Waals surface area (Å²) in [5.74, 6) is 0.678. The van der Waals surface area contributed by atoms with Crippen LogP contribution in [0.3, 0.4) is 0 Å². The number of hydrogen-bond donors (Lipinski definition) is 0. The van der Waals surface area contributed by atoms with Gasteiger partial charge in [0.1, 0.15) is 0 Å². The maximum Gasteiger partial charge on any atom is 0.277 e. The SMILES string of the molecule is C=CN=C(OC)C(=NC)OC. The summed E-state index contributed by atoms with van der Waals surface area (Å²) in [5, 5.41) is 0. The maximum atomic E-state index is 4.86. The zero-order chi connectivity index (χ0) is 8.69. The molecular formula is C7H12N2O2. The van der Waals surface area contributed by atoms with E-state index in [1.54, 1.807) is 7.05 Å². The molecule has 0 heterocycles. The van der Waals surface area contributed by atoms with Crippen molar-refractivity contribution in [3.8, 4) is 0 Å². The monoisotopic (exact) mass is 156 g/mol. The van der Waals surface area contributed by atoms with Gasteiger partial charge in [-0.2, -0.15) is 0 Å². The van der Waals surface area contributed by atoms with Crippen LogP contribution >= 0.6 is 0 Å². The molecule has 0 aliphatic carbocycles. The van der Waals surface area contributed by atoms with Crippen molar-refractivity contribution in [2.45, 2.75) is 0 Å². The molecule has 0 amide bonds. The standard InChI is InChI=1S/C7H12N2O2/c1-5-9-7(11-4)6(8-2)10-3/h5H,1H2,2-4H3. The first-order valence-electron chi connectivity index (χ1n) is 3.04. The Morgan fingerprint density at radius 3 is 2.09 bits per heavy atom. The van der Waals surface area contributed by atoms with Gasteiger partial charge in [-0.15, -0.1) is 0 Å². The van der Waals surface area contributed by atoms with Gasteiger partial charge in [0.05, 0.1) is 14.2 Å². The molecule has 0 aliphatic heterocycles. The average Bonchev–Trinajstić information content (AvgIpc) is 2.05. The van der Waals surface area contributed by atoms with Crippen molar-refractivity contribution >= 4 is 11.8 Å². The van der Waals surface area contributed by atoms with Gasteiger partial charge < -0.3 is 9.47 Å². The van der Waals surface area contributed by atoms with E-state index in [1.807, 2.05) is 0 Å². The third-order valence-electron chi connectivity index (χ3n) is 0.981. The molecule has 4 nitrogen and oxygen atoms in total. The molecule has 0 aromatic heterocycles. The Balaban J connectivity index is 4.47. The quantitative estimate of drug-likeness (QED) is 0.417. The predicted molar refractivity (Wildman–Crippen MR) is 45.0 cm³/mol. The minimum atomic E-state index is 0.324. The molecule has 0 rings (SSSR count). The molecule has 0 fully saturated rings. The van der Waals surface area contributed by atoms with Crippen LogP contribution in [0.4, 0.5) is 0 Å². The Morgan fingerprint density at radius 2 is 1.82 bits per heavy atom. The van der Waals surface area contributed by atoms with E-state index in [-0.39, 0.29) is 0 Å². The van der Waals surface area contributed by atoms with Crippen molar-refractivity contribution in [1.82, 2.24) is 0 Å². The highest BCUT2D eigenvalue weighted by Crippen LogP contribution is 1.88. The van der Waals surface area contributed by atoms with E-state index in [4.69, 9.17) is 9.47 Å². The number of aliphatic imine (C=N–C) groups is 2. The first-order valence-corrected chi connectivity index (χ1v) is 3.04. The average molecular weight is 156 g/mol. The fraction of sp³-hybridized carbons (Fsp3) is 0.429. The summed E-state index contributed by atoms with van der Waals surface area (Å²) >= 11 is 0. The third-order valence-corrected chi connectivity index (χ3v) is 0.981. The Kier molecular flexibility index (Phi) is 4.81. The van der Waals surface area contributed by atoms with Crippen molar-refractivity contribution in [2.75, 3.05) is 21.3 Å². The second-order valence-electron chi connectivity index (χ2n) is 1.55. The largest absolute Gasteiger partial charge is 0.477 e. The van der Waals surface area contributed by atoms with E-state index in [0.717, 1.165) is 0 Å². The maximum absolute atomic E-state index is 4.86. The Bertz CT molecular complexity index is 185. The fourth-order valence-corrected chi connectivity index (χ4v) is 0.552. The van der Waals surface area contributed by atoms with E-state index in [9.17, 15) is 0 Å². The lowest BCUT2D eigenvalue weighted by Gasteiger charge is -2.03. The molecule has 0 saturated heterocycles. The van der Waals surface area contributed by atoms with Gasteiger partial charge in [-0.25, -0.2) is 4.99 Å². The van der Waals surface area contributed by atoms with Gasteiger partial charge >= 0.3 is 0 Å². The van der Waals surface area contributed by atoms with Gasteiger partial charge in [0, 0.05) is 13.2 Å². The lowest BCUT2D eigenvalue weighted by molar-refractivity contribution is 0.367. The second kappa shape index (κ2) is 5.46. The van der Waals surface area contributed by atoms with Crippen LogP contribution in [0, 0.1) is 0 Å². The summed E-state index contributed by atoms with van der Waals surface area (Å²) in [7, 11) is 4.59. The minimum absolute atomic E-state index is 0.324. The molecule has 0 saturated carbocycles. The van der Waals surface area contributed by atoms with Crippen molar-refractivity contribution in [3.63, 3.8) is 0 Å². The summed E-state index contributed by atoms with van der Waals surface area (Å²) in [5.41, 5.74) is 0. The number of methoxy groups -OCH3 is 2. The fourth-order valence-electron chi connectivity index (χ4n) is 0.552. The van der Waals surface area contributed by atoms with E-state index < -0.39 is 0 Å². The zero-order valence-electron chi connectivity index (χ0n) is 7.00. The number of rotatable bonds is 1. The van der Waals surface area contributed by atoms with Gasteiger partial charge in [0.15, 0.2) is 0 Å². The highest BCUT2D eigenvalue weighted by Gasteiger charge is 2.06. The van der Waals surface area contributed by atoms with Crippen LogP contribution in [0.15, 0.2) is 22.8 Å². The topological polar surface area (TPSA) is 43.2 Å². The molecule has 11 heavy (non-hydrogen) atoms. The van der Waals surface area contributed by atoms with E-state index in [1.165, 1.54) is 20.4 Å². The lowest BCUT2D eigenvalue weighted by atomic mass is 10.6. The van der Waals surface area contributed by atoms with Crippen LogP contribution in [-0.4, -0.2) is 33.1 Å². The molecule has 62 valence electrons. The summed E-state index contributed by atoms with van der Waals surface area (Å²) in [6, 6.07) is 0. The molecule has 0 N–H and O–H groups in total. The second-order valence-corrected chi connectivity index (χ2v) is 1.55. The van der Waals surface area contributed by atoms with E-state index >= 15 is 0 Å². The normalized spacial score (nSPS) is 12.6. The number of nitrogens with zero attached hydrogens (tertiary/aromatic N) is 2. The van der Waals surface area contributed by atoms with Gasteiger partial charge in [-0.1, -0.05) is 6.58 Å². The molecule has 0 aromatic rings. The molecule has 0 radical (unpaired) electrons. The first-order chi connectivity index (χ1) is 5.29. The molecule has 0 atom stereocenters. The van der Waals surface area contributed by atoms with Gasteiger partial charge in [0.25, 0.3) is 11.8 Å². The molecule has 0 bridgehead atoms. The van der Waals surface area contributed by atoms with Gasteiger partial charge in [-0.05, 0) is 0 Å². The predicted octanol–water partition coefficient (Wildman–Crippen LogP) is 0.850. The van der Waals surface area contributed by atoms with Crippen LogP contribution in [-0.2, 0) is 9.47 Å². The lowest BCUT2D eigenvalue weighted by Crippen LogP contribution is -2.17. The zero-order valence-corrected chi connectivity index (χ0v) is 7.00. The van der Waals surface area contributed by atoms with Crippen LogP contribution < -0.4 is 0 Å². The molecule has 0 spiro atoms. The van der Waals surface area contributed by atoms with Crippen LogP contribution in [0.1, 0.15) is 0 Å². The van der Waals surface area contributed by atoms with Crippen LogP contribution in [0.25, 0.3) is 0 Å². The smallest absolute Gasteiger partial charge is 0.277 e. The van der Waals surface area contributed by atoms with Crippen LogP contribution in [0.2, 0.25) is 0 Å². The minimum Gasteiger partial charge on any atom is -0.477 e. The Labute approximate surface area is 66.3 Å². The van der Waals surface area contributed by atoms with Crippen LogP contribution in [0.5, 0.6) is 0 Å². The highest BCUT2D eigenvalue weighted by molar-refractivity contribution is 6.35. The van der Waals surface area contributed by atoms with Crippen molar-refractivity contribution in [2.24, 2.45) is 9.98 Å². The van der Waals surface area contributed by atoms with Crippen molar-refractivity contribution in [1.29, 1.82) is 0 Å². The van der Waals surface area contributed by atoms with E-state index in [0.29, 0.717) is 11.8 Å². The summed E-state index contributed by atoms with van der Waals surface area (Å²) in [6.07, 6.45) is 1.36. The summed E-state index contributed by atoms with van der Waals surface area (Å²) in [4.78, 5) is 7.57. The number of hydrogen-bond acceptors (Lipinski definition) is 4. The Hall–Kier alpha value is -1.32. The molecular weight excluding hydrogens is 144 g/mol. The summed E-state index contributed by atoms with van der Waals surface area (Å²) in [6.45, 7) is 3.42. The molecule has 0 unspecified atom stereocenters. The first kappa shape index (κ1) is 9.68. The van der Waals surface area contributed by atoms with Crippen molar-refractivity contribution in [3.05, 3.63) is 12.8 Å². The van der Waals surface area contributed by atoms with Gasteiger partial charge in [-0.3, -0.25) is 4.99 Å². The number of ether oxygens (including phenoxy) is 2. The Morgan fingerprint density at radius 1 is 1.27 bits per heavy atom.